The first-order chi connectivity index (χ1) is 3.93. The fourth-order valence-corrected chi connectivity index (χ4v) is 0.404. The van der Waals surface area contributed by atoms with Crippen LogP contribution in [0, 0.1) is 18.4 Å². The molecule has 0 saturated heterocycles. The molecule has 0 aliphatic carbocycles. The molecule has 0 fully saturated rings. The number of nitrogens with zero attached hydrogens (tertiary/aromatic N) is 1. The molecule has 0 aliphatic rings. The largest absolute Gasteiger partial charge is 0.375 e. The van der Waals surface area contributed by atoms with Gasteiger partial charge in [0.15, 0.2) is 0 Å². The Morgan fingerprint density at radius 1 is 1.67 bits per heavy atom. The van der Waals surface area contributed by atoms with E-state index in [0.717, 1.165) is 0 Å². The van der Waals surface area contributed by atoms with Gasteiger partial charge >= 0.3 is 0 Å². The molecule has 0 atom stereocenters. The number of rotatable bonds is 0. The zero-order valence-corrected chi connectivity index (χ0v) is 6.10. The van der Waals surface area contributed by atoms with E-state index in [1.165, 1.54) is 0 Å². The van der Waals surface area contributed by atoms with E-state index in [4.69, 9.17) is 6.42 Å². The van der Waals surface area contributed by atoms with Crippen LogP contribution in [0.2, 0.25) is 0 Å². The van der Waals surface area contributed by atoms with Gasteiger partial charge in [0.1, 0.15) is 0 Å². The van der Waals surface area contributed by atoms with Crippen LogP contribution in [0.1, 0.15) is 5.69 Å². The Morgan fingerprint density at radius 2 is 2.44 bits per heavy atom. The molecular formula is C7H4NV-. The van der Waals surface area contributed by atoms with Crippen molar-refractivity contribution in [2.24, 2.45) is 0 Å². The van der Waals surface area contributed by atoms with Crippen LogP contribution >= 0.6 is 0 Å². The van der Waals surface area contributed by atoms with Crippen molar-refractivity contribution in [3.05, 3.63) is 30.1 Å². The molecule has 1 aromatic rings. The topological polar surface area (TPSA) is 12.9 Å². The van der Waals surface area contributed by atoms with Gasteiger partial charge in [0.25, 0.3) is 0 Å². The van der Waals surface area contributed by atoms with Crippen molar-refractivity contribution in [2.75, 3.05) is 0 Å². The van der Waals surface area contributed by atoms with E-state index in [-0.39, 0.29) is 18.6 Å². The van der Waals surface area contributed by atoms with Crippen molar-refractivity contribution >= 4 is 0 Å². The van der Waals surface area contributed by atoms with E-state index in [9.17, 15) is 0 Å². The summed E-state index contributed by atoms with van der Waals surface area (Å²) in [5.41, 5.74) is 0.632. The summed E-state index contributed by atoms with van der Waals surface area (Å²) in [5.74, 6) is 2.38. The molecule has 0 spiro atoms. The third-order valence-electron chi connectivity index (χ3n) is 0.752. The van der Waals surface area contributed by atoms with Crippen molar-refractivity contribution in [1.29, 1.82) is 0 Å². The van der Waals surface area contributed by atoms with Crippen LogP contribution in [0.25, 0.3) is 0 Å². The van der Waals surface area contributed by atoms with Gasteiger partial charge in [-0.3, -0.25) is 0 Å². The number of hydrogen-bond donors (Lipinski definition) is 0. The summed E-state index contributed by atoms with van der Waals surface area (Å²) in [5, 5.41) is 0. The van der Waals surface area contributed by atoms with Gasteiger partial charge < -0.3 is 4.98 Å². The van der Waals surface area contributed by atoms with E-state index in [1.54, 1.807) is 18.3 Å². The molecule has 1 heterocycles. The fourth-order valence-electron chi connectivity index (χ4n) is 0.404. The van der Waals surface area contributed by atoms with Gasteiger partial charge in [-0.15, -0.1) is 18.4 Å². The number of aromatic nitrogens is 1. The maximum Gasteiger partial charge on any atom is 0 e. The second-order valence-electron chi connectivity index (χ2n) is 1.29. The number of pyridine rings is 1. The number of terminal acetylenes is 1. The minimum absolute atomic E-state index is 0. The molecule has 0 unspecified atom stereocenters. The summed E-state index contributed by atoms with van der Waals surface area (Å²) in [4.78, 5) is 3.83. The van der Waals surface area contributed by atoms with Gasteiger partial charge in [-0.1, -0.05) is 6.20 Å². The van der Waals surface area contributed by atoms with Crippen LogP contribution in [0.3, 0.4) is 0 Å². The Kier molecular flexibility index (Phi) is 3.87. The molecule has 0 aliphatic heterocycles. The zero-order chi connectivity index (χ0) is 5.82. The van der Waals surface area contributed by atoms with Crippen LogP contribution in [0.15, 0.2) is 18.3 Å². The average molecular weight is 153 g/mol. The zero-order valence-electron chi connectivity index (χ0n) is 4.70. The quantitative estimate of drug-likeness (QED) is 0.398. The standard InChI is InChI=1S/C7H4N.V/c1-2-7-5-3-4-6-8-7;/h1,4-6H;/q-1;. The van der Waals surface area contributed by atoms with Crippen molar-refractivity contribution in [3.8, 4) is 12.3 Å². The molecule has 0 amide bonds. The molecule has 0 N–H and O–H groups in total. The van der Waals surface area contributed by atoms with Crippen LogP contribution in [0.5, 0.6) is 0 Å². The van der Waals surface area contributed by atoms with Crippen molar-refractivity contribution in [2.45, 2.75) is 0 Å². The minimum Gasteiger partial charge on any atom is -0.375 e. The summed E-state index contributed by atoms with van der Waals surface area (Å²) in [6.45, 7) is 0. The maximum absolute atomic E-state index is 5.02. The van der Waals surface area contributed by atoms with Gasteiger partial charge in [-0.05, 0) is 5.69 Å². The summed E-state index contributed by atoms with van der Waals surface area (Å²) in [6.07, 6.45) is 6.64. The fraction of sp³-hybridized carbons (Fsp3) is 0. The Balaban J connectivity index is 0.000000640. The van der Waals surface area contributed by atoms with Gasteiger partial charge in [0, 0.05) is 18.6 Å². The molecule has 9 heavy (non-hydrogen) atoms. The first-order valence-corrected chi connectivity index (χ1v) is 2.22. The summed E-state index contributed by atoms with van der Waals surface area (Å²) < 4.78 is 0. The predicted octanol–water partition coefficient (Wildman–Crippen LogP) is 0.861. The molecule has 1 rings (SSSR count). The second kappa shape index (κ2) is 4.20. The van der Waals surface area contributed by atoms with E-state index >= 15 is 0 Å². The monoisotopic (exact) mass is 153 g/mol. The minimum atomic E-state index is 0. The van der Waals surface area contributed by atoms with Crippen molar-refractivity contribution < 1.29 is 18.6 Å². The van der Waals surface area contributed by atoms with Gasteiger partial charge in [-0.2, -0.15) is 12.1 Å². The Hall–Kier alpha value is -0.706. The third-order valence-corrected chi connectivity index (χ3v) is 0.752. The molecule has 0 aromatic carbocycles. The molecule has 1 nitrogen and oxygen atoms in total. The van der Waals surface area contributed by atoms with Crippen molar-refractivity contribution in [3.63, 3.8) is 0 Å². The average Bonchev–Trinajstić information content (AvgIpc) is 1.90. The molecule has 1 aromatic heterocycles. The van der Waals surface area contributed by atoms with Crippen molar-refractivity contribution in [1.82, 2.24) is 4.98 Å². The Labute approximate surface area is 66.4 Å². The molecule has 2 heteroatoms. The Morgan fingerprint density at radius 3 is 2.78 bits per heavy atom. The molecule has 0 bridgehead atoms. The van der Waals surface area contributed by atoms with E-state index in [0.29, 0.717) is 5.69 Å². The summed E-state index contributed by atoms with van der Waals surface area (Å²) >= 11 is 0. The van der Waals surface area contributed by atoms with Crippen LogP contribution in [-0.2, 0) is 18.6 Å². The van der Waals surface area contributed by atoms with Gasteiger partial charge in [-0.25, -0.2) is 0 Å². The predicted molar refractivity (Wildman–Crippen MR) is 31.0 cm³/mol. The normalized spacial score (nSPS) is 7.00. The molecular weight excluding hydrogens is 149 g/mol. The molecule has 43 valence electrons. The van der Waals surface area contributed by atoms with Crippen LogP contribution < -0.4 is 0 Å². The third kappa shape index (κ3) is 2.37. The maximum atomic E-state index is 5.02. The van der Waals surface area contributed by atoms with E-state index in [1.807, 2.05) is 0 Å². The molecule has 0 saturated carbocycles. The van der Waals surface area contributed by atoms with Gasteiger partial charge in [0.2, 0.25) is 0 Å². The SMILES string of the molecule is C#Cc1c[c-]ccn1.[V]. The summed E-state index contributed by atoms with van der Waals surface area (Å²) in [6, 6.07) is 6.18. The van der Waals surface area contributed by atoms with E-state index < -0.39 is 0 Å². The summed E-state index contributed by atoms with van der Waals surface area (Å²) in [7, 11) is 0. The van der Waals surface area contributed by atoms with Crippen LogP contribution in [-0.4, -0.2) is 4.98 Å². The van der Waals surface area contributed by atoms with Crippen LogP contribution in [0.4, 0.5) is 0 Å². The van der Waals surface area contributed by atoms with E-state index in [2.05, 4.69) is 17.0 Å². The Bertz CT molecular complexity index is 200. The molecule has 1 radical (unpaired) electrons. The number of hydrogen-bond acceptors (Lipinski definition) is 1. The van der Waals surface area contributed by atoms with Gasteiger partial charge in [0.05, 0.1) is 0 Å². The smallest absolute Gasteiger partial charge is 0 e. The first kappa shape index (κ1) is 8.29. The first-order valence-electron chi connectivity index (χ1n) is 2.22. The second-order valence-corrected chi connectivity index (χ2v) is 1.29.